The van der Waals surface area contributed by atoms with E-state index in [1.54, 1.807) is 7.11 Å². The molecule has 1 saturated carbocycles. The fourth-order valence-electron chi connectivity index (χ4n) is 4.39. The first-order chi connectivity index (χ1) is 12.7. The smallest absolute Gasteiger partial charge is 0.251 e. The number of amides is 1. The van der Waals surface area contributed by atoms with E-state index in [1.807, 2.05) is 30.3 Å². The molecular formula is C22H25NO3. The average molecular weight is 351 g/mol. The molecule has 0 bridgehead atoms. The van der Waals surface area contributed by atoms with Crippen molar-refractivity contribution < 1.29 is 14.3 Å². The minimum absolute atomic E-state index is 0.0168. The molecule has 4 heteroatoms. The maximum Gasteiger partial charge on any atom is 0.251 e. The van der Waals surface area contributed by atoms with E-state index < -0.39 is 0 Å². The van der Waals surface area contributed by atoms with Gasteiger partial charge >= 0.3 is 0 Å². The van der Waals surface area contributed by atoms with Crippen molar-refractivity contribution in [3.8, 4) is 11.1 Å². The van der Waals surface area contributed by atoms with Crippen LogP contribution in [0, 0.1) is 18.8 Å². The lowest BCUT2D eigenvalue weighted by molar-refractivity contribution is -0.0809. The average Bonchev–Trinajstić information content (AvgIpc) is 3.09. The summed E-state index contributed by atoms with van der Waals surface area (Å²) >= 11 is 0. The van der Waals surface area contributed by atoms with Crippen molar-refractivity contribution in [3.63, 3.8) is 0 Å². The van der Waals surface area contributed by atoms with Gasteiger partial charge in [-0.05, 0) is 42.2 Å². The lowest BCUT2D eigenvalue weighted by Gasteiger charge is -2.47. The number of hydrogen-bond acceptors (Lipinski definition) is 3. The van der Waals surface area contributed by atoms with Crippen molar-refractivity contribution in [1.82, 2.24) is 5.32 Å². The summed E-state index contributed by atoms with van der Waals surface area (Å²) in [5.74, 6) is 0.645. The molecule has 2 aromatic carbocycles. The largest absolute Gasteiger partial charge is 0.384 e. The summed E-state index contributed by atoms with van der Waals surface area (Å²) in [6, 6.07) is 16.2. The molecule has 4 rings (SSSR count). The fourth-order valence-corrected chi connectivity index (χ4v) is 4.39. The summed E-state index contributed by atoms with van der Waals surface area (Å²) in [6.07, 6.45) is 1.25. The Hall–Kier alpha value is -2.17. The zero-order valence-electron chi connectivity index (χ0n) is 15.3. The van der Waals surface area contributed by atoms with Gasteiger partial charge in [0, 0.05) is 37.2 Å². The summed E-state index contributed by atoms with van der Waals surface area (Å²) in [5.41, 5.74) is 4.13. The molecule has 26 heavy (non-hydrogen) atoms. The second-order valence-electron chi connectivity index (χ2n) is 7.30. The third-order valence-electron chi connectivity index (χ3n) is 5.77. The van der Waals surface area contributed by atoms with Crippen molar-refractivity contribution in [1.29, 1.82) is 0 Å². The first-order valence-corrected chi connectivity index (χ1v) is 9.26. The molecule has 4 nitrogen and oxygen atoms in total. The van der Waals surface area contributed by atoms with Crippen LogP contribution in [-0.4, -0.2) is 38.4 Å². The highest BCUT2D eigenvalue weighted by molar-refractivity contribution is 5.95. The minimum Gasteiger partial charge on any atom is -0.384 e. The summed E-state index contributed by atoms with van der Waals surface area (Å²) in [5, 5.41) is 3.23. The molecule has 1 N–H and O–H groups in total. The van der Waals surface area contributed by atoms with E-state index in [9.17, 15) is 4.79 Å². The number of hydrogen-bond donors (Lipinski definition) is 1. The van der Waals surface area contributed by atoms with Crippen molar-refractivity contribution in [2.24, 2.45) is 11.8 Å². The first kappa shape index (κ1) is 17.3. The van der Waals surface area contributed by atoms with Crippen LogP contribution < -0.4 is 5.32 Å². The number of rotatable bonds is 5. The van der Waals surface area contributed by atoms with Gasteiger partial charge in [-0.3, -0.25) is 4.79 Å². The van der Waals surface area contributed by atoms with Crippen molar-refractivity contribution >= 4 is 5.91 Å². The number of benzene rings is 2. The van der Waals surface area contributed by atoms with Gasteiger partial charge in [0.25, 0.3) is 5.91 Å². The molecule has 0 aromatic heterocycles. The van der Waals surface area contributed by atoms with Crippen LogP contribution in [0.1, 0.15) is 22.3 Å². The maximum atomic E-state index is 12.9. The molecule has 1 amide bonds. The number of methoxy groups -OCH3 is 1. The van der Waals surface area contributed by atoms with Crippen molar-refractivity contribution in [2.75, 3.05) is 20.3 Å². The van der Waals surface area contributed by atoms with Crippen molar-refractivity contribution in [2.45, 2.75) is 25.5 Å². The van der Waals surface area contributed by atoms with Crippen LogP contribution in [0.15, 0.2) is 48.5 Å². The fraction of sp³-hybridized carbons (Fsp3) is 0.409. The van der Waals surface area contributed by atoms with Crippen LogP contribution in [0.4, 0.5) is 0 Å². The SMILES string of the molecule is COC[C@H]1[C@H](NC(=O)c2cccc(-c3ccccc3C)c2)[C@H]2CCO[C@H]21. The normalized spacial score (nSPS) is 26.8. The highest BCUT2D eigenvalue weighted by Gasteiger charge is 2.54. The van der Waals surface area contributed by atoms with Gasteiger partial charge in [-0.25, -0.2) is 0 Å². The van der Waals surface area contributed by atoms with Gasteiger partial charge in [0.15, 0.2) is 0 Å². The molecule has 2 fully saturated rings. The molecule has 1 aliphatic carbocycles. The number of aryl methyl sites for hydroxylation is 1. The second-order valence-corrected chi connectivity index (χ2v) is 7.30. The van der Waals surface area contributed by atoms with Gasteiger partial charge in [-0.2, -0.15) is 0 Å². The maximum absolute atomic E-state index is 12.9. The van der Waals surface area contributed by atoms with E-state index in [1.165, 1.54) is 5.56 Å². The van der Waals surface area contributed by atoms with Crippen molar-refractivity contribution in [3.05, 3.63) is 59.7 Å². The number of carbonyl (C=O) groups is 1. The zero-order valence-corrected chi connectivity index (χ0v) is 15.3. The zero-order chi connectivity index (χ0) is 18.1. The Morgan fingerprint density at radius 3 is 2.88 bits per heavy atom. The molecule has 1 heterocycles. The lowest BCUT2D eigenvalue weighted by atomic mass is 9.67. The lowest BCUT2D eigenvalue weighted by Crippen LogP contribution is -2.62. The van der Waals surface area contributed by atoms with E-state index in [4.69, 9.17) is 9.47 Å². The number of fused-ring (bicyclic) bond motifs is 1. The van der Waals surface area contributed by atoms with E-state index >= 15 is 0 Å². The molecule has 136 valence electrons. The molecular weight excluding hydrogens is 326 g/mol. The topological polar surface area (TPSA) is 47.6 Å². The summed E-state index contributed by atoms with van der Waals surface area (Å²) < 4.78 is 11.1. The van der Waals surface area contributed by atoms with Crippen LogP contribution in [0.2, 0.25) is 0 Å². The minimum atomic E-state index is -0.0168. The van der Waals surface area contributed by atoms with Gasteiger partial charge in [-0.1, -0.05) is 36.4 Å². The van der Waals surface area contributed by atoms with E-state index in [-0.39, 0.29) is 24.0 Å². The molecule has 4 atom stereocenters. The highest BCUT2D eigenvalue weighted by atomic mass is 16.5. The predicted molar refractivity (Wildman–Crippen MR) is 101 cm³/mol. The predicted octanol–water partition coefficient (Wildman–Crippen LogP) is 3.44. The molecule has 1 aliphatic heterocycles. The van der Waals surface area contributed by atoms with Gasteiger partial charge in [0.05, 0.1) is 12.7 Å². The Bertz CT molecular complexity index is 803. The van der Waals surface area contributed by atoms with Crippen LogP contribution in [-0.2, 0) is 9.47 Å². The van der Waals surface area contributed by atoms with E-state index in [2.05, 4.69) is 30.4 Å². The highest BCUT2D eigenvalue weighted by Crippen LogP contribution is 2.43. The van der Waals surface area contributed by atoms with Gasteiger partial charge in [0.1, 0.15) is 0 Å². The number of nitrogens with one attached hydrogen (secondary N) is 1. The summed E-state index contributed by atoms with van der Waals surface area (Å²) in [4.78, 5) is 12.9. The molecule has 0 spiro atoms. The third kappa shape index (κ3) is 3.04. The Balaban J connectivity index is 1.52. The van der Waals surface area contributed by atoms with E-state index in [0.29, 0.717) is 18.1 Å². The first-order valence-electron chi connectivity index (χ1n) is 9.26. The van der Waals surface area contributed by atoms with Crippen LogP contribution >= 0.6 is 0 Å². The Morgan fingerprint density at radius 1 is 1.23 bits per heavy atom. The van der Waals surface area contributed by atoms with E-state index in [0.717, 1.165) is 24.2 Å². The Morgan fingerprint density at radius 2 is 2.08 bits per heavy atom. The summed E-state index contributed by atoms with van der Waals surface area (Å²) in [7, 11) is 1.70. The van der Waals surface area contributed by atoms with Crippen LogP contribution in [0.25, 0.3) is 11.1 Å². The van der Waals surface area contributed by atoms with Crippen LogP contribution in [0.5, 0.6) is 0 Å². The Labute approximate surface area is 154 Å². The molecule has 2 aliphatic rings. The number of carbonyl (C=O) groups excluding carboxylic acids is 1. The molecule has 2 aromatic rings. The molecule has 1 saturated heterocycles. The summed E-state index contributed by atoms with van der Waals surface area (Å²) in [6.45, 7) is 3.49. The monoisotopic (exact) mass is 351 g/mol. The third-order valence-corrected chi connectivity index (χ3v) is 5.77. The van der Waals surface area contributed by atoms with Gasteiger partial charge in [-0.15, -0.1) is 0 Å². The number of ether oxygens (including phenoxy) is 2. The van der Waals surface area contributed by atoms with Crippen LogP contribution in [0.3, 0.4) is 0 Å². The standard InChI is InChI=1S/C22H25NO3/c1-14-6-3-4-9-17(14)15-7-5-8-16(12-15)22(24)23-20-18-10-11-26-21(18)19(20)13-25-2/h3-9,12,18-21H,10-11,13H2,1-2H3,(H,23,24)/t18-,19+,20-,21-/m1/s1. The van der Waals surface area contributed by atoms with Gasteiger partial charge in [0.2, 0.25) is 0 Å². The second kappa shape index (κ2) is 7.22. The molecule has 0 radical (unpaired) electrons. The quantitative estimate of drug-likeness (QED) is 0.898. The Kier molecular flexibility index (Phi) is 4.79. The molecule has 0 unspecified atom stereocenters. The van der Waals surface area contributed by atoms with Gasteiger partial charge < -0.3 is 14.8 Å².